The first-order valence-electron chi connectivity index (χ1n) is 2.62. The minimum Gasteiger partial charge on any atom is -0.258 e. The minimum atomic E-state index is -0.509. The Kier molecular flexibility index (Phi) is 2.46. The summed E-state index contributed by atoms with van der Waals surface area (Å²) in [4.78, 5) is 9.71. The maximum absolute atomic E-state index is 10.2. The monoisotopic (exact) mass is 234 g/mol. The van der Waals surface area contributed by atoms with E-state index in [-0.39, 0.29) is 10.7 Å². The van der Waals surface area contributed by atoms with Crippen LogP contribution in [-0.2, 0) is 0 Å². The SMILES string of the molecule is O=[N+]([O-])c1cc(Cl)[c]c(Br)c1. The average Bonchev–Trinajstić information content (AvgIpc) is 1.85. The molecular formula is C6H2BrClNO2. The van der Waals surface area contributed by atoms with E-state index in [9.17, 15) is 10.1 Å². The van der Waals surface area contributed by atoms with Gasteiger partial charge in [0.1, 0.15) is 0 Å². The van der Waals surface area contributed by atoms with Gasteiger partial charge in [-0.2, -0.15) is 0 Å². The summed E-state index contributed by atoms with van der Waals surface area (Å²) in [6.07, 6.45) is 0. The molecule has 0 amide bonds. The van der Waals surface area contributed by atoms with Crippen molar-refractivity contribution in [1.82, 2.24) is 0 Å². The van der Waals surface area contributed by atoms with E-state index in [4.69, 9.17) is 11.6 Å². The molecule has 0 spiro atoms. The lowest BCUT2D eigenvalue weighted by Gasteiger charge is -1.92. The van der Waals surface area contributed by atoms with Crippen molar-refractivity contribution in [2.45, 2.75) is 0 Å². The van der Waals surface area contributed by atoms with Crippen molar-refractivity contribution in [3.8, 4) is 0 Å². The van der Waals surface area contributed by atoms with Crippen LogP contribution in [-0.4, -0.2) is 4.92 Å². The van der Waals surface area contributed by atoms with E-state index >= 15 is 0 Å². The molecule has 1 radical (unpaired) electrons. The van der Waals surface area contributed by atoms with E-state index in [1.807, 2.05) is 0 Å². The first-order chi connectivity index (χ1) is 5.09. The minimum absolute atomic E-state index is 0.0411. The van der Waals surface area contributed by atoms with Crippen molar-refractivity contribution in [2.24, 2.45) is 0 Å². The van der Waals surface area contributed by atoms with E-state index in [0.29, 0.717) is 4.47 Å². The van der Waals surface area contributed by atoms with Gasteiger partial charge in [-0.1, -0.05) is 11.6 Å². The molecular weight excluding hydrogens is 233 g/mol. The molecule has 0 aliphatic heterocycles. The Morgan fingerprint density at radius 3 is 2.73 bits per heavy atom. The lowest BCUT2D eigenvalue weighted by Crippen LogP contribution is -1.87. The largest absolute Gasteiger partial charge is 0.272 e. The standard InChI is InChI=1S/C6H2BrClNO2/c7-4-1-5(8)3-6(2-4)9(10)11/h2-3H. The van der Waals surface area contributed by atoms with Crippen molar-refractivity contribution in [3.05, 3.63) is 37.8 Å². The highest BCUT2D eigenvalue weighted by Gasteiger charge is 2.06. The van der Waals surface area contributed by atoms with Crippen molar-refractivity contribution < 1.29 is 4.92 Å². The van der Waals surface area contributed by atoms with Gasteiger partial charge in [0.15, 0.2) is 0 Å². The molecule has 0 heterocycles. The number of hydrogen-bond acceptors (Lipinski definition) is 2. The lowest BCUT2D eigenvalue weighted by molar-refractivity contribution is -0.384. The number of rotatable bonds is 1. The molecule has 0 atom stereocenters. The van der Waals surface area contributed by atoms with Crippen LogP contribution in [0, 0.1) is 16.2 Å². The summed E-state index contributed by atoms with van der Waals surface area (Å²) in [7, 11) is 0. The van der Waals surface area contributed by atoms with E-state index in [1.165, 1.54) is 12.1 Å². The molecule has 1 rings (SSSR count). The van der Waals surface area contributed by atoms with Gasteiger partial charge in [0, 0.05) is 22.7 Å². The summed E-state index contributed by atoms with van der Waals surface area (Å²) in [6.45, 7) is 0. The van der Waals surface area contributed by atoms with Gasteiger partial charge in [0.25, 0.3) is 5.69 Å². The number of hydrogen-bond donors (Lipinski definition) is 0. The van der Waals surface area contributed by atoms with Gasteiger partial charge in [-0.15, -0.1) is 0 Å². The van der Waals surface area contributed by atoms with Crippen LogP contribution in [0.2, 0.25) is 5.02 Å². The van der Waals surface area contributed by atoms with Gasteiger partial charge in [0.05, 0.1) is 9.95 Å². The predicted octanol–water partition coefficient (Wildman–Crippen LogP) is 2.81. The highest BCUT2D eigenvalue weighted by molar-refractivity contribution is 9.10. The Hall–Kier alpha value is -0.610. The van der Waals surface area contributed by atoms with Gasteiger partial charge in [-0.25, -0.2) is 0 Å². The Morgan fingerprint density at radius 2 is 2.27 bits per heavy atom. The Labute approximate surface area is 76.3 Å². The summed E-state index contributed by atoms with van der Waals surface area (Å²) in [6, 6.07) is 5.22. The van der Waals surface area contributed by atoms with Crippen molar-refractivity contribution in [1.29, 1.82) is 0 Å². The smallest absolute Gasteiger partial charge is 0.258 e. The van der Waals surface area contributed by atoms with Crippen LogP contribution in [0.4, 0.5) is 5.69 Å². The summed E-state index contributed by atoms with van der Waals surface area (Å²) < 4.78 is 0.483. The molecule has 1 aromatic carbocycles. The van der Waals surface area contributed by atoms with Gasteiger partial charge in [-0.05, 0) is 15.9 Å². The molecule has 3 nitrogen and oxygen atoms in total. The van der Waals surface area contributed by atoms with E-state index in [0.717, 1.165) is 0 Å². The highest BCUT2D eigenvalue weighted by atomic mass is 79.9. The Morgan fingerprint density at radius 1 is 1.64 bits per heavy atom. The molecule has 0 saturated heterocycles. The fourth-order valence-electron chi connectivity index (χ4n) is 0.593. The molecule has 0 aliphatic rings. The molecule has 1 aromatic rings. The van der Waals surface area contributed by atoms with Gasteiger partial charge >= 0.3 is 0 Å². The van der Waals surface area contributed by atoms with Crippen LogP contribution >= 0.6 is 27.5 Å². The molecule has 11 heavy (non-hydrogen) atoms. The third kappa shape index (κ3) is 2.17. The maximum atomic E-state index is 10.2. The Bertz CT molecular complexity index is 282. The zero-order valence-electron chi connectivity index (χ0n) is 5.17. The number of halogens is 2. The maximum Gasteiger partial charge on any atom is 0.272 e. The molecule has 5 heteroatoms. The second kappa shape index (κ2) is 3.19. The van der Waals surface area contributed by atoms with E-state index in [2.05, 4.69) is 22.0 Å². The summed E-state index contributed by atoms with van der Waals surface area (Å²) in [5, 5.41) is 10.4. The van der Waals surface area contributed by atoms with Crippen LogP contribution in [0.1, 0.15) is 0 Å². The molecule has 0 saturated carbocycles. The third-order valence-corrected chi connectivity index (χ3v) is 1.63. The van der Waals surface area contributed by atoms with E-state index in [1.54, 1.807) is 0 Å². The number of benzene rings is 1. The van der Waals surface area contributed by atoms with Crippen molar-refractivity contribution >= 4 is 33.2 Å². The first kappa shape index (κ1) is 8.49. The second-order valence-corrected chi connectivity index (χ2v) is 3.05. The third-order valence-electron chi connectivity index (χ3n) is 0.999. The van der Waals surface area contributed by atoms with Crippen molar-refractivity contribution in [2.75, 3.05) is 0 Å². The van der Waals surface area contributed by atoms with Crippen LogP contribution in [0.15, 0.2) is 16.6 Å². The van der Waals surface area contributed by atoms with Crippen LogP contribution in [0.3, 0.4) is 0 Å². The normalized spacial score (nSPS) is 9.64. The van der Waals surface area contributed by atoms with Gasteiger partial charge < -0.3 is 0 Å². The summed E-state index contributed by atoms with van der Waals surface area (Å²) in [5.41, 5.74) is -0.0411. The number of non-ortho nitro benzene ring substituents is 1. The number of nitro benzene ring substituents is 1. The fourth-order valence-corrected chi connectivity index (χ4v) is 1.37. The number of nitrogens with zero attached hydrogens (tertiary/aromatic N) is 1. The molecule has 0 N–H and O–H groups in total. The Balaban J connectivity index is 3.19. The summed E-state index contributed by atoms with van der Waals surface area (Å²) in [5.74, 6) is 0. The zero-order valence-corrected chi connectivity index (χ0v) is 7.52. The first-order valence-corrected chi connectivity index (χ1v) is 3.79. The topological polar surface area (TPSA) is 43.1 Å². The summed E-state index contributed by atoms with van der Waals surface area (Å²) >= 11 is 8.54. The molecule has 57 valence electrons. The molecule has 0 bridgehead atoms. The van der Waals surface area contributed by atoms with E-state index < -0.39 is 4.92 Å². The molecule has 0 aromatic heterocycles. The number of nitro groups is 1. The molecule has 0 fully saturated rings. The van der Waals surface area contributed by atoms with Crippen LogP contribution < -0.4 is 0 Å². The van der Waals surface area contributed by atoms with Crippen molar-refractivity contribution in [3.63, 3.8) is 0 Å². The molecule has 0 unspecified atom stereocenters. The molecule has 0 aliphatic carbocycles. The van der Waals surface area contributed by atoms with Gasteiger partial charge in [-0.3, -0.25) is 10.1 Å². The predicted molar refractivity (Wildman–Crippen MR) is 44.6 cm³/mol. The average molecular weight is 235 g/mol. The van der Waals surface area contributed by atoms with Crippen LogP contribution in [0.5, 0.6) is 0 Å². The second-order valence-electron chi connectivity index (χ2n) is 1.79. The zero-order chi connectivity index (χ0) is 8.43. The lowest BCUT2D eigenvalue weighted by atomic mass is 10.3. The fraction of sp³-hybridized carbons (Fsp3) is 0. The van der Waals surface area contributed by atoms with Gasteiger partial charge in [0.2, 0.25) is 0 Å². The highest BCUT2D eigenvalue weighted by Crippen LogP contribution is 2.23. The van der Waals surface area contributed by atoms with Crippen LogP contribution in [0.25, 0.3) is 0 Å². The quantitative estimate of drug-likeness (QED) is 0.555.